The average Bonchev–Trinajstić information content (AvgIpc) is 3.21. The third kappa shape index (κ3) is 4.78. The van der Waals surface area contributed by atoms with E-state index in [1.165, 1.54) is 5.56 Å². The molecule has 29 heavy (non-hydrogen) atoms. The Morgan fingerprint density at radius 2 is 1.72 bits per heavy atom. The number of nitrogens with zero attached hydrogens (tertiary/aromatic N) is 4. The van der Waals surface area contributed by atoms with E-state index in [-0.39, 0.29) is 5.91 Å². The summed E-state index contributed by atoms with van der Waals surface area (Å²) in [5.74, 6) is 0.932. The number of imidazole rings is 1. The number of amides is 1. The van der Waals surface area contributed by atoms with Gasteiger partial charge in [-0.25, -0.2) is 4.98 Å². The van der Waals surface area contributed by atoms with Gasteiger partial charge in [-0.3, -0.25) is 14.3 Å². The Bertz CT molecular complexity index is 960. The molecule has 6 nitrogen and oxygen atoms in total. The van der Waals surface area contributed by atoms with Crippen LogP contribution >= 0.6 is 11.6 Å². The van der Waals surface area contributed by atoms with Crippen LogP contribution in [0.15, 0.2) is 60.9 Å². The van der Waals surface area contributed by atoms with Crippen molar-refractivity contribution in [3.63, 3.8) is 0 Å². The Morgan fingerprint density at radius 1 is 1.03 bits per heavy atom. The fourth-order valence-electron chi connectivity index (χ4n) is 3.48. The van der Waals surface area contributed by atoms with Crippen LogP contribution in [0.3, 0.4) is 0 Å². The Kier molecular flexibility index (Phi) is 5.83. The fourth-order valence-corrected chi connectivity index (χ4v) is 3.61. The molecule has 2 heterocycles. The van der Waals surface area contributed by atoms with Crippen molar-refractivity contribution in [3.8, 4) is 5.69 Å². The minimum absolute atomic E-state index is 0.0121. The van der Waals surface area contributed by atoms with Crippen LogP contribution in [-0.4, -0.2) is 53.1 Å². The highest BCUT2D eigenvalue weighted by Crippen LogP contribution is 2.20. The first-order valence-electron chi connectivity index (χ1n) is 9.71. The summed E-state index contributed by atoms with van der Waals surface area (Å²) in [6, 6.07) is 15.6. The average molecular weight is 410 g/mol. The van der Waals surface area contributed by atoms with Crippen LogP contribution in [0.4, 0.5) is 11.6 Å². The summed E-state index contributed by atoms with van der Waals surface area (Å²) in [4.78, 5) is 21.3. The molecule has 1 saturated heterocycles. The van der Waals surface area contributed by atoms with Gasteiger partial charge in [-0.15, -0.1) is 0 Å². The van der Waals surface area contributed by atoms with Crippen molar-refractivity contribution in [2.45, 2.75) is 6.92 Å². The molecule has 0 saturated carbocycles. The molecule has 1 aliphatic rings. The Morgan fingerprint density at radius 3 is 2.41 bits per heavy atom. The first-order chi connectivity index (χ1) is 14.1. The van der Waals surface area contributed by atoms with Crippen molar-refractivity contribution >= 4 is 29.1 Å². The fraction of sp³-hybridized carbons (Fsp3) is 0.273. The number of benzene rings is 2. The van der Waals surface area contributed by atoms with Gasteiger partial charge in [0.15, 0.2) is 0 Å². The summed E-state index contributed by atoms with van der Waals surface area (Å²) in [7, 11) is 0. The molecule has 2 aromatic carbocycles. The summed E-state index contributed by atoms with van der Waals surface area (Å²) in [6.07, 6.45) is 3.83. The number of halogens is 1. The second kappa shape index (κ2) is 8.68. The largest absolute Gasteiger partial charge is 0.339 e. The zero-order valence-corrected chi connectivity index (χ0v) is 17.1. The molecule has 1 amide bonds. The summed E-state index contributed by atoms with van der Waals surface area (Å²) in [5, 5.41) is 3.58. The van der Waals surface area contributed by atoms with Gasteiger partial charge in [0.05, 0.1) is 6.54 Å². The normalized spacial score (nSPS) is 14.8. The summed E-state index contributed by atoms with van der Waals surface area (Å²) < 4.78 is 2.11. The molecule has 1 aliphatic heterocycles. The molecule has 4 rings (SSSR count). The van der Waals surface area contributed by atoms with Crippen molar-refractivity contribution in [3.05, 3.63) is 71.5 Å². The Labute approximate surface area is 175 Å². The monoisotopic (exact) mass is 409 g/mol. The number of nitrogens with one attached hydrogen (secondary N) is 1. The lowest BCUT2D eigenvalue weighted by atomic mass is 10.2. The standard InChI is InChI=1S/C22H24ClN5O/c1-17-2-8-20(9-3-17)28-11-10-24-22(28)27-14-12-26(13-15-27)16-21(29)25-19-6-4-18(23)5-7-19/h2-11H,12-16H2,1H3,(H,25,29). The molecule has 0 unspecified atom stereocenters. The predicted octanol–water partition coefficient (Wildman–Crippen LogP) is 3.59. The second-order valence-electron chi connectivity index (χ2n) is 7.25. The quantitative estimate of drug-likeness (QED) is 0.699. The van der Waals surface area contributed by atoms with E-state index >= 15 is 0 Å². The smallest absolute Gasteiger partial charge is 0.238 e. The number of piperazine rings is 1. The van der Waals surface area contributed by atoms with Crippen molar-refractivity contribution in [1.82, 2.24) is 14.5 Å². The van der Waals surface area contributed by atoms with Gasteiger partial charge < -0.3 is 10.2 Å². The van der Waals surface area contributed by atoms with Gasteiger partial charge in [-0.05, 0) is 43.3 Å². The van der Waals surface area contributed by atoms with E-state index in [9.17, 15) is 4.79 Å². The lowest BCUT2D eigenvalue weighted by Crippen LogP contribution is -2.49. The summed E-state index contributed by atoms with van der Waals surface area (Å²) in [6.45, 7) is 5.75. The molecule has 0 bridgehead atoms. The van der Waals surface area contributed by atoms with Crippen molar-refractivity contribution in [1.29, 1.82) is 0 Å². The lowest BCUT2D eigenvalue weighted by Gasteiger charge is -2.35. The van der Waals surface area contributed by atoms with Gasteiger partial charge in [0, 0.05) is 55.0 Å². The van der Waals surface area contributed by atoms with Gasteiger partial charge in [0.2, 0.25) is 11.9 Å². The molecular weight excluding hydrogens is 386 g/mol. The van der Waals surface area contributed by atoms with E-state index in [1.807, 2.05) is 24.5 Å². The minimum Gasteiger partial charge on any atom is -0.339 e. The highest BCUT2D eigenvalue weighted by Gasteiger charge is 2.22. The number of rotatable bonds is 5. The van der Waals surface area contributed by atoms with Crippen molar-refractivity contribution in [2.75, 3.05) is 42.9 Å². The van der Waals surface area contributed by atoms with Gasteiger partial charge >= 0.3 is 0 Å². The highest BCUT2D eigenvalue weighted by atomic mass is 35.5. The zero-order valence-electron chi connectivity index (χ0n) is 16.4. The molecule has 7 heteroatoms. The van der Waals surface area contributed by atoms with Crippen LogP contribution in [0, 0.1) is 6.92 Å². The van der Waals surface area contributed by atoms with Gasteiger partial charge in [-0.2, -0.15) is 0 Å². The molecular formula is C22H24ClN5O. The lowest BCUT2D eigenvalue weighted by molar-refractivity contribution is -0.117. The molecule has 1 N–H and O–H groups in total. The van der Waals surface area contributed by atoms with E-state index in [1.54, 1.807) is 12.1 Å². The van der Waals surface area contributed by atoms with Crippen molar-refractivity contribution in [2.24, 2.45) is 0 Å². The third-order valence-electron chi connectivity index (χ3n) is 5.08. The summed E-state index contributed by atoms with van der Waals surface area (Å²) in [5.41, 5.74) is 3.10. The number of carbonyl (C=O) groups is 1. The SMILES string of the molecule is Cc1ccc(-n2ccnc2N2CCN(CC(=O)Nc3ccc(Cl)cc3)CC2)cc1. The van der Waals surface area contributed by atoms with Gasteiger partial charge in [0.1, 0.15) is 0 Å². The molecule has 0 atom stereocenters. The molecule has 0 aliphatic carbocycles. The first kappa shape index (κ1) is 19.5. The topological polar surface area (TPSA) is 53.4 Å². The minimum atomic E-state index is -0.0121. The van der Waals surface area contributed by atoms with Crippen LogP contribution < -0.4 is 10.2 Å². The molecule has 1 fully saturated rings. The molecule has 1 aromatic heterocycles. The van der Waals surface area contributed by atoms with Crippen LogP contribution in [-0.2, 0) is 4.79 Å². The van der Waals surface area contributed by atoms with Gasteiger partial charge in [0.25, 0.3) is 0 Å². The highest BCUT2D eigenvalue weighted by molar-refractivity contribution is 6.30. The number of aromatic nitrogens is 2. The zero-order chi connectivity index (χ0) is 20.2. The maximum atomic E-state index is 12.3. The first-order valence-corrected chi connectivity index (χ1v) is 10.1. The van der Waals surface area contributed by atoms with Crippen LogP contribution in [0.1, 0.15) is 5.56 Å². The Balaban J connectivity index is 1.33. The van der Waals surface area contributed by atoms with E-state index in [4.69, 9.17) is 11.6 Å². The predicted molar refractivity (Wildman–Crippen MR) is 117 cm³/mol. The molecule has 3 aromatic rings. The van der Waals surface area contributed by atoms with Gasteiger partial charge in [-0.1, -0.05) is 29.3 Å². The van der Waals surface area contributed by atoms with Crippen LogP contribution in [0.5, 0.6) is 0 Å². The number of hydrogen-bond acceptors (Lipinski definition) is 4. The number of hydrogen-bond donors (Lipinski definition) is 1. The maximum absolute atomic E-state index is 12.3. The van der Waals surface area contributed by atoms with Crippen LogP contribution in [0.2, 0.25) is 5.02 Å². The van der Waals surface area contributed by atoms with E-state index in [0.717, 1.165) is 43.5 Å². The summed E-state index contributed by atoms with van der Waals surface area (Å²) >= 11 is 5.88. The van der Waals surface area contributed by atoms with E-state index < -0.39 is 0 Å². The van der Waals surface area contributed by atoms with E-state index in [0.29, 0.717) is 11.6 Å². The Hall–Kier alpha value is -2.83. The molecule has 0 radical (unpaired) electrons. The number of anilines is 2. The van der Waals surface area contributed by atoms with E-state index in [2.05, 4.69) is 55.9 Å². The van der Waals surface area contributed by atoms with Crippen LogP contribution in [0.25, 0.3) is 5.69 Å². The maximum Gasteiger partial charge on any atom is 0.238 e. The number of aryl methyl sites for hydroxylation is 1. The van der Waals surface area contributed by atoms with Crippen molar-refractivity contribution < 1.29 is 4.79 Å². The molecule has 150 valence electrons. The second-order valence-corrected chi connectivity index (χ2v) is 7.69. The third-order valence-corrected chi connectivity index (χ3v) is 5.34. The number of carbonyl (C=O) groups excluding carboxylic acids is 1. The molecule has 0 spiro atoms.